The predicted molar refractivity (Wildman–Crippen MR) is 60.4 cm³/mol. The monoisotopic (exact) mass is 276 g/mol. The van der Waals surface area contributed by atoms with Gasteiger partial charge in [-0.1, -0.05) is 0 Å². The van der Waals surface area contributed by atoms with Crippen molar-refractivity contribution in [3.05, 3.63) is 30.3 Å². The van der Waals surface area contributed by atoms with Crippen molar-refractivity contribution in [2.45, 2.75) is 23.2 Å². The number of halogens is 1. The topological polar surface area (TPSA) is 9.23 Å². The number of benzene rings is 1. The van der Waals surface area contributed by atoms with Crippen LogP contribution in [0.15, 0.2) is 30.3 Å². The fraction of sp³-hybridized carbons (Fsp3) is 0.455. The molecule has 1 aliphatic rings. The summed E-state index contributed by atoms with van der Waals surface area (Å²) in [4.78, 5) is 0.542. The van der Waals surface area contributed by atoms with Crippen LogP contribution in [0.4, 0.5) is 0 Å². The Balaban J connectivity index is 1.96. The van der Waals surface area contributed by atoms with Gasteiger partial charge >= 0.3 is 95.9 Å². The van der Waals surface area contributed by atoms with Crippen molar-refractivity contribution >= 4 is 31.0 Å². The Morgan fingerprint density at radius 2 is 2.07 bits per heavy atom. The van der Waals surface area contributed by atoms with Gasteiger partial charge in [-0.3, -0.25) is 0 Å². The molecule has 1 heterocycles. The second-order valence-corrected chi connectivity index (χ2v) is 6.52. The van der Waals surface area contributed by atoms with Crippen molar-refractivity contribution in [3.8, 4) is 0 Å². The summed E-state index contributed by atoms with van der Waals surface area (Å²) < 4.78 is 6.86. The summed E-state index contributed by atoms with van der Waals surface area (Å²) in [6, 6.07) is 10.6. The van der Waals surface area contributed by atoms with Crippen LogP contribution in [0.1, 0.15) is 12.8 Å². The average molecular weight is 276 g/mol. The quantitative estimate of drug-likeness (QED) is 0.594. The van der Waals surface area contributed by atoms with Gasteiger partial charge < -0.3 is 0 Å². The van der Waals surface area contributed by atoms with E-state index in [0.29, 0.717) is 19.8 Å². The summed E-state index contributed by atoms with van der Waals surface area (Å²) in [7, 11) is 0. The molecule has 1 saturated heterocycles. The maximum absolute atomic E-state index is 6.13. The van der Waals surface area contributed by atoms with E-state index in [4.69, 9.17) is 16.3 Å². The minimum absolute atomic E-state index is 0.0658. The molecule has 2 atom stereocenters. The minimum atomic E-state index is -0.0658. The van der Waals surface area contributed by atoms with Crippen LogP contribution in [0.3, 0.4) is 0 Å². The van der Waals surface area contributed by atoms with Crippen LogP contribution in [0, 0.1) is 0 Å². The fourth-order valence-electron chi connectivity index (χ4n) is 1.51. The van der Waals surface area contributed by atoms with Gasteiger partial charge in [-0.05, 0) is 0 Å². The molecule has 14 heavy (non-hydrogen) atoms. The van der Waals surface area contributed by atoms with Crippen LogP contribution in [0.2, 0.25) is 4.82 Å². The number of ether oxygens (including phenoxy) is 1. The molecule has 0 radical (unpaired) electrons. The van der Waals surface area contributed by atoms with E-state index >= 15 is 0 Å². The molecule has 0 spiro atoms. The van der Waals surface area contributed by atoms with Crippen LogP contribution in [0.5, 0.6) is 0 Å². The first kappa shape index (κ1) is 10.5. The third-order valence-corrected chi connectivity index (χ3v) is 5.79. The van der Waals surface area contributed by atoms with Crippen molar-refractivity contribution < 1.29 is 4.74 Å². The molecule has 1 nitrogen and oxygen atoms in total. The zero-order valence-corrected chi connectivity index (χ0v) is 10.3. The Morgan fingerprint density at radius 3 is 2.79 bits per heavy atom. The third kappa shape index (κ3) is 2.74. The fourth-order valence-corrected chi connectivity index (χ4v) is 4.37. The maximum atomic E-state index is 6.13. The Morgan fingerprint density at radius 1 is 1.29 bits per heavy atom. The number of hydrogen-bond donors (Lipinski definition) is 0. The average Bonchev–Trinajstić information content (AvgIpc) is 2.23. The van der Waals surface area contributed by atoms with E-state index in [2.05, 4.69) is 30.3 Å². The Hall–Kier alpha value is -0.0105. The number of rotatable bonds is 2. The number of alkyl halides is 1. The van der Waals surface area contributed by atoms with Gasteiger partial charge in [0.15, 0.2) is 0 Å². The molecule has 0 amide bonds. The molecule has 1 aliphatic heterocycles. The summed E-state index contributed by atoms with van der Waals surface area (Å²) in [5.74, 6) is 0. The van der Waals surface area contributed by atoms with Crippen molar-refractivity contribution in [3.63, 3.8) is 0 Å². The molecule has 1 aromatic carbocycles. The van der Waals surface area contributed by atoms with E-state index in [9.17, 15) is 0 Å². The first-order chi connectivity index (χ1) is 6.86. The first-order valence-corrected chi connectivity index (χ1v) is 7.12. The van der Waals surface area contributed by atoms with Gasteiger partial charge in [-0.15, -0.1) is 0 Å². The Kier molecular flexibility index (Phi) is 3.89. The van der Waals surface area contributed by atoms with Gasteiger partial charge in [0.25, 0.3) is 0 Å². The van der Waals surface area contributed by atoms with Gasteiger partial charge in [0.05, 0.1) is 0 Å². The molecule has 76 valence electrons. The molecular weight excluding hydrogens is 263 g/mol. The predicted octanol–water partition coefficient (Wildman–Crippen LogP) is 2.18. The molecule has 0 bridgehead atoms. The Bertz CT molecular complexity index is 278. The van der Waals surface area contributed by atoms with Crippen molar-refractivity contribution in [1.29, 1.82) is 0 Å². The molecule has 0 aliphatic carbocycles. The molecule has 0 N–H and O–H groups in total. The van der Waals surface area contributed by atoms with Crippen molar-refractivity contribution in [1.82, 2.24) is 0 Å². The summed E-state index contributed by atoms with van der Waals surface area (Å²) in [5.41, 5.74) is -0.0658. The van der Waals surface area contributed by atoms with E-state index in [-0.39, 0.29) is 5.56 Å². The summed E-state index contributed by atoms with van der Waals surface area (Å²) in [6.07, 6.45) is 2.37. The third-order valence-electron chi connectivity index (χ3n) is 2.23. The van der Waals surface area contributed by atoms with Crippen molar-refractivity contribution in [2.75, 3.05) is 6.61 Å². The van der Waals surface area contributed by atoms with Gasteiger partial charge in [0.1, 0.15) is 0 Å². The SMILES string of the molecule is ClC1OCCCC1[Se]c1ccccc1. The molecule has 3 heteroatoms. The van der Waals surface area contributed by atoms with Crippen LogP contribution >= 0.6 is 11.6 Å². The zero-order valence-electron chi connectivity index (χ0n) is 7.86. The van der Waals surface area contributed by atoms with E-state index in [1.54, 1.807) is 0 Å². The normalized spacial score (nSPS) is 27.5. The van der Waals surface area contributed by atoms with E-state index in [0.717, 1.165) is 13.0 Å². The van der Waals surface area contributed by atoms with Gasteiger partial charge in [-0.2, -0.15) is 0 Å². The first-order valence-electron chi connectivity index (χ1n) is 4.83. The van der Waals surface area contributed by atoms with Gasteiger partial charge in [-0.25, -0.2) is 0 Å². The number of hydrogen-bond acceptors (Lipinski definition) is 1. The molecular formula is C11H13ClOSe. The second kappa shape index (κ2) is 5.18. The van der Waals surface area contributed by atoms with Gasteiger partial charge in [0.2, 0.25) is 0 Å². The van der Waals surface area contributed by atoms with Crippen molar-refractivity contribution in [2.24, 2.45) is 0 Å². The van der Waals surface area contributed by atoms with Crippen LogP contribution < -0.4 is 4.46 Å². The molecule has 2 unspecified atom stereocenters. The molecule has 0 aromatic heterocycles. The summed E-state index contributed by atoms with van der Waals surface area (Å²) in [6.45, 7) is 0.829. The second-order valence-electron chi connectivity index (χ2n) is 3.33. The molecule has 2 rings (SSSR count). The standard InChI is InChI=1S/C11H13ClOSe/c12-11-10(7-4-8-13-11)14-9-5-2-1-3-6-9/h1-3,5-6,10-11H,4,7-8H2. The van der Waals surface area contributed by atoms with E-state index < -0.39 is 0 Å². The van der Waals surface area contributed by atoms with E-state index in [1.807, 2.05) is 0 Å². The summed E-state index contributed by atoms with van der Waals surface area (Å²) in [5, 5.41) is 0. The zero-order chi connectivity index (χ0) is 9.80. The van der Waals surface area contributed by atoms with Crippen LogP contribution in [0.25, 0.3) is 0 Å². The van der Waals surface area contributed by atoms with Crippen LogP contribution in [-0.4, -0.2) is 27.1 Å². The summed E-state index contributed by atoms with van der Waals surface area (Å²) >= 11 is 6.58. The molecule has 1 fully saturated rings. The van der Waals surface area contributed by atoms with Crippen LogP contribution in [-0.2, 0) is 4.74 Å². The van der Waals surface area contributed by atoms with Gasteiger partial charge in [0, 0.05) is 0 Å². The molecule has 0 saturated carbocycles. The molecule has 1 aromatic rings. The van der Waals surface area contributed by atoms with E-state index in [1.165, 1.54) is 10.9 Å². The Labute approximate surface area is 95.9 Å².